The highest BCUT2D eigenvalue weighted by molar-refractivity contribution is 6.55. The van der Waals surface area contributed by atoms with E-state index in [1.54, 1.807) is 24.5 Å². The van der Waals surface area contributed by atoms with Crippen molar-refractivity contribution in [1.82, 2.24) is 4.98 Å². The molecule has 0 amide bonds. The summed E-state index contributed by atoms with van der Waals surface area (Å²) >= 11 is 23.6. The fraction of sp³-hybridized carbons (Fsp3) is 0.391. The molecule has 0 spiro atoms. The molecular weight excluding hydrogens is 510 g/mol. The average molecular weight is 536 g/mol. The molecule has 0 bridgehead atoms. The predicted octanol–water partition coefficient (Wildman–Crippen LogP) is 7.28. The van der Waals surface area contributed by atoms with Crippen LogP contribution in [0.25, 0.3) is 0 Å². The smallest absolute Gasteiger partial charge is 0.213 e. The highest BCUT2D eigenvalue weighted by Gasteiger charge is 2.11. The summed E-state index contributed by atoms with van der Waals surface area (Å²) in [7, 11) is 0. The lowest BCUT2D eigenvalue weighted by Gasteiger charge is -2.14. The number of halogens is 4. The zero-order chi connectivity index (χ0) is 24.3. The van der Waals surface area contributed by atoms with Crippen LogP contribution < -0.4 is 14.2 Å². The quantitative estimate of drug-likeness (QED) is 0.162. The molecule has 0 saturated heterocycles. The van der Waals surface area contributed by atoms with E-state index in [9.17, 15) is 0 Å². The maximum Gasteiger partial charge on any atom is 0.213 e. The maximum atomic E-state index is 6.25. The lowest BCUT2D eigenvalue weighted by molar-refractivity contribution is 0.00165. The van der Waals surface area contributed by atoms with Gasteiger partial charge in [-0.25, -0.2) is 4.98 Å². The highest BCUT2D eigenvalue weighted by atomic mass is 35.5. The van der Waals surface area contributed by atoms with Gasteiger partial charge < -0.3 is 19.0 Å². The fourth-order valence-corrected chi connectivity index (χ4v) is 3.03. The Morgan fingerprint density at radius 3 is 2.33 bits per heavy atom. The summed E-state index contributed by atoms with van der Waals surface area (Å²) in [5.41, 5.74) is 0.701. The molecule has 6 nitrogen and oxygen atoms in total. The van der Waals surface area contributed by atoms with Crippen LogP contribution in [0.1, 0.15) is 32.8 Å². The van der Waals surface area contributed by atoms with Crippen molar-refractivity contribution in [1.29, 1.82) is 0 Å². The van der Waals surface area contributed by atoms with Crippen molar-refractivity contribution in [3.63, 3.8) is 0 Å². The van der Waals surface area contributed by atoms with Crippen molar-refractivity contribution >= 4 is 52.6 Å². The standard InChI is InChI=1S/C23H26Cl4N2O4/c1-23(2,3)33-29-9-7-16-5-6-21(28-15-16)31-10-4-11-32-22-18(24)13-17(14-19(22)25)30-12-8-20(26)27/h5-6,8-9,13-15H,4,7,10-12H2,1-3H3/b29-9+. The van der Waals surface area contributed by atoms with Gasteiger partial charge in [0, 0.05) is 43.5 Å². The highest BCUT2D eigenvalue weighted by Crippen LogP contribution is 2.37. The molecule has 1 aromatic carbocycles. The van der Waals surface area contributed by atoms with Crippen LogP contribution in [-0.2, 0) is 11.3 Å². The van der Waals surface area contributed by atoms with Crippen LogP contribution >= 0.6 is 46.4 Å². The van der Waals surface area contributed by atoms with E-state index < -0.39 is 0 Å². The Morgan fingerprint density at radius 2 is 1.73 bits per heavy atom. The molecule has 2 aromatic rings. The van der Waals surface area contributed by atoms with E-state index in [0.29, 0.717) is 53.5 Å². The fourth-order valence-electron chi connectivity index (χ4n) is 2.32. The van der Waals surface area contributed by atoms with Crippen LogP contribution in [-0.4, -0.2) is 36.6 Å². The Balaban J connectivity index is 1.72. The summed E-state index contributed by atoms with van der Waals surface area (Å²) in [5.74, 6) is 1.40. The minimum absolute atomic E-state index is 0.122. The van der Waals surface area contributed by atoms with Gasteiger partial charge in [-0.3, -0.25) is 0 Å². The summed E-state index contributed by atoms with van der Waals surface area (Å²) < 4.78 is 16.9. The van der Waals surface area contributed by atoms with Crippen molar-refractivity contribution in [2.24, 2.45) is 5.16 Å². The monoisotopic (exact) mass is 534 g/mol. The van der Waals surface area contributed by atoms with Gasteiger partial charge in [0.25, 0.3) is 0 Å². The van der Waals surface area contributed by atoms with Gasteiger partial charge >= 0.3 is 0 Å². The van der Waals surface area contributed by atoms with Gasteiger partial charge in [-0.05, 0) is 32.4 Å². The number of pyridine rings is 1. The van der Waals surface area contributed by atoms with E-state index in [-0.39, 0.29) is 16.7 Å². The number of hydrogen-bond acceptors (Lipinski definition) is 6. The second kappa shape index (κ2) is 13.8. The molecule has 0 radical (unpaired) electrons. The number of oxime groups is 1. The molecule has 0 unspecified atom stereocenters. The number of nitrogens with zero attached hydrogens (tertiary/aromatic N) is 2. The Labute approximate surface area is 214 Å². The summed E-state index contributed by atoms with van der Waals surface area (Å²) in [6.07, 6.45) is 6.20. The largest absolute Gasteiger partial charge is 0.490 e. The molecule has 0 aliphatic carbocycles. The molecule has 1 aromatic heterocycles. The number of hydrogen-bond donors (Lipinski definition) is 0. The third-order valence-corrected chi connectivity index (χ3v) is 4.64. The Bertz CT molecular complexity index is 917. The molecule has 0 aliphatic heterocycles. The van der Waals surface area contributed by atoms with Crippen LogP contribution in [0.2, 0.25) is 10.0 Å². The van der Waals surface area contributed by atoms with Crippen LogP contribution in [0.4, 0.5) is 0 Å². The van der Waals surface area contributed by atoms with Gasteiger partial charge in [0.05, 0.1) is 23.3 Å². The first kappa shape index (κ1) is 27.4. The Hall–Kier alpha value is -1.86. The average Bonchev–Trinajstić information content (AvgIpc) is 2.72. The predicted molar refractivity (Wildman–Crippen MR) is 135 cm³/mol. The first-order valence-electron chi connectivity index (χ1n) is 10.2. The number of benzene rings is 1. The molecule has 0 atom stereocenters. The van der Waals surface area contributed by atoms with Crippen molar-refractivity contribution in [2.45, 2.75) is 39.2 Å². The molecule has 0 N–H and O–H groups in total. The van der Waals surface area contributed by atoms with Crippen molar-refractivity contribution < 1.29 is 19.0 Å². The van der Waals surface area contributed by atoms with E-state index in [2.05, 4.69) is 10.1 Å². The van der Waals surface area contributed by atoms with Gasteiger partial charge in [-0.2, -0.15) is 0 Å². The topological polar surface area (TPSA) is 62.2 Å². The molecular formula is C23H26Cl4N2O4. The molecule has 2 rings (SSSR count). The van der Waals surface area contributed by atoms with Gasteiger partial charge in [0.15, 0.2) is 5.75 Å². The molecule has 180 valence electrons. The second-order valence-corrected chi connectivity index (χ2v) is 9.59. The minimum Gasteiger partial charge on any atom is -0.490 e. The van der Waals surface area contributed by atoms with E-state index >= 15 is 0 Å². The van der Waals surface area contributed by atoms with Crippen molar-refractivity contribution in [2.75, 3.05) is 19.8 Å². The molecule has 0 aliphatic rings. The van der Waals surface area contributed by atoms with Crippen LogP contribution in [0, 0.1) is 0 Å². The summed E-state index contributed by atoms with van der Waals surface area (Å²) in [5, 5.41) is 4.64. The van der Waals surface area contributed by atoms with Crippen molar-refractivity contribution in [3.05, 3.63) is 56.6 Å². The van der Waals surface area contributed by atoms with E-state index in [1.807, 2.05) is 32.9 Å². The van der Waals surface area contributed by atoms with Gasteiger partial charge in [-0.15, -0.1) is 0 Å². The van der Waals surface area contributed by atoms with Crippen LogP contribution in [0.3, 0.4) is 0 Å². The van der Waals surface area contributed by atoms with Crippen LogP contribution in [0.15, 0.2) is 46.2 Å². The zero-order valence-corrected chi connectivity index (χ0v) is 21.6. The Morgan fingerprint density at radius 1 is 1.03 bits per heavy atom. The van der Waals surface area contributed by atoms with Crippen molar-refractivity contribution in [3.8, 4) is 17.4 Å². The lowest BCUT2D eigenvalue weighted by atomic mass is 10.2. The first-order valence-corrected chi connectivity index (χ1v) is 11.7. The third kappa shape index (κ3) is 11.2. The Kier molecular flexibility index (Phi) is 11.4. The molecule has 0 fully saturated rings. The van der Waals surface area contributed by atoms with Gasteiger partial charge in [0.2, 0.25) is 5.88 Å². The zero-order valence-electron chi connectivity index (χ0n) is 18.6. The maximum absolute atomic E-state index is 6.25. The van der Waals surface area contributed by atoms with E-state index in [0.717, 1.165) is 5.56 Å². The normalized spacial score (nSPS) is 11.4. The first-order chi connectivity index (χ1) is 15.6. The molecule has 33 heavy (non-hydrogen) atoms. The third-order valence-electron chi connectivity index (χ3n) is 3.77. The molecule has 0 saturated carbocycles. The van der Waals surface area contributed by atoms with Gasteiger partial charge in [-0.1, -0.05) is 57.6 Å². The molecule has 10 heteroatoms. The summed E-state index contributed by atoms with van der Waals surface area (Å²) in [4.78, 5) is 9.60. The summed E-state index contributed by atoms with van der Waals surface area (Å²) in [6, 6.07) is 6.97. The van der Waals surface area contributed by atoms with E-state index in [4.69, 9.17) is 65.5 Å². The minimum atomic E-state index is -0.304. The van der Waals surface area contributed by atoms with E-state index in [1.165, 1.54) is 6.08 Å². The van der Waals surface area contributed by atoms with Crippen LogP contribution in [0.5, 0.6) is 17.4 Å². The molecule has 1 heterocycles. The number of rotatable bonds is 12. The van der Waals surface area contributed by atoms with Gasteiger partial charge in [0.1, 0.15) is 22.4 Å². The summed E-state index contributed by atoms with van der Waals surface area (Å²) in [6.45, 7) is 6.81. The second-order valence-electron chi connectivity index (χ2n) is 7.77. The lowest BCUT2D eigenvalue weighted by Crippen LogP contribution is -2.15. The number of aromatic nitrogens is 1. The SMILES string of the molecule is CC(C)(C)O/N=C/Cc1ccc(OCCCOc2c(Cl)cc(OCC=C(Cl)Cl)cc2Cl)nc1. The number of ether oxygens (including phenoxy) is 3.